The maximum Gasteiger partial charge on any atom is 0.108 e. The van der Waals surface area contributed by atoms with Crippen LogP contribution in [0.15, 0.2) is 12.3 Å². The lowest BCUT2D eigenvalue weighted by Gasteiger charge is -2.55. The highest BCUT2D eigenvalue weighted by molar-refractivity contribution is 6.20. The van der Waals surface area contributed by atoms with Crippen LogP contribution in [0.5, 0.6) is 0 Å². The van der Waals surface area contributed by atoms with Crippen LogP contribution >= 0.6 is 11.6 Å². The number of nitrogens with one attached hydrogen (secondary N) is 1. The first-order valence-corrected chi connectivity index (χ1v) is 12.8. The van der Waals surface area contributed by atoms with Crippen molar-refractivity contribution in [2.75, 3.05) is 13.1 Å². The molecule has 182 valence electrons. The molecule has 1 saturated heterocycles. The lowest BCUT2D eigenvalue weighted by Crippen LogP contribution is -2.61. The smallest absolute Gasteiger partial charge is 0.108 e. The fraction of sp³-hybridized carbons (Fsp3) is 0.920. The van der Waals surface area contributed by atoms with Gasteiger partial charge in [-0.15, -0.1) is 11.6 Å². The number of hydrogen-bond acceptors (Lipinski definition) is 5. The molecule has 31 heavy (non-hydrogen) atoms. The zero-order valence-corrected chi connectivity index (χ0v) is 21.2. The van der Waals surface area contributed by atoms with Gasteiger partial charge in [0.2, 0.25) is 0 Å². The van der Waals surface area contributed by atoms with Crippen LogP contribution in [-0.4, -0.2) is 62.7 Å². The number of alkyl halides is 1. The maximum atomic E-state index is 11.7. The summed E-state index contributed by atoms with van der Waals surface area (Å²) in [5.41, 5.74) is -0.318. The van der Waals surface area contributed by atoms with Crippen molar-refractivity contribution in [1.82, 2.24) is 10.2 Å². The van der Waals surface area contributed by atoms with Crippen molar-refractivity contribution < 1.29 is 15.3 Å². The number of aliphatic hydroxyl groups is 3. The van der Waals surface area contributed by atoms with E-state index < -0.39 is 24.0 Å². The van der Waals surface area contributed by atoms with Gasteiger partial charge in [-0.05, 0) is 57.3 Å². The molecule has 0 spiro atoms. The van der Waals surface area contributed by atoms with Gasteiger partial charge in [0.1, 0.15) is 6.23 Å². The standard InChI is InChI=1S/C25H47ClN2O3/c1-7-21(26)13-12-17(2)25(31)14-15-28(16-24(25,5)6)18(3)22(19(4)29)27-23(30)20-10-8-9-11-20/h17,19-23,27,29-31H,3,7-16H2,1-2,4-6H3/t17?,19-,21?,22+,23?,25-/m1/s1. The lowest BCUT2D eigenvalue weighted by molar-refractivity contribution is -0.149. The fourth-order valence-corrected chi connectivity index (χ4v) is 5.80. The van der Waals surface area contributed by atoms with E-state index in [-0.39, 0.29) is 22.6 Å². The van der Waals surface area contributed by atoms with Crippen molar-refractivity contribution >= 4 is 11.6 Å². The summed E-state index contributed by atoms with van der Waals surface area (Å²) in [4.78, 5) is 2.18. The summed E-state index contributed by atoms with van der Waals surface area (Å²) in [5.74, 6) is 0.396. The third kappa shape index (κ3) is 6.38. The molecule has 0 aromatic rings. The van der Waals surface area contributed by atoms with Gasteiger partial charge in [-0.25, -0.2) is 0 Å². The minimum absolute atomic E-state index is 0.153. The van der Waals surface area contributed by atoms with E-state index in [1.54, 1.807) is 6.92 Å². The average molecular weight is 459 g/mol. The molecule has 0 aromatic carbocycles. The fourth-order valence-electron chi connectivity index (χ4n) is 5.67. The number of rotatable bonds is 11. The molecule has 0 radical (unpaired) electrons. The molecular formula is C25H47ClN2O3. The van der Waals surface area contributed by atoms with Gasteiger partial charge in [0.25, 0.3) is 0 Å². The van der Waals surface area contributed by atoms with Crippen LogP contribution in [0.25, 0.3) is 0 Å². The Bertz CT molecular complexity index is 579. The van der Waals surface area contributed by atoms with E-state index in [1.165, 1.54) is 0 Å². The van der Waals surface area contributed by atoms with E-state index in [2.05, 4.69) is 44.5 Å². The van der Waals surface area contributed by atoms with Crippen molar-refractivity contribution in [3.63, 3.8) is 0 Å². The monoisotopic (exact) mass is 458 g/mol. The summed E-state index contributed by atoms with van der Waals surface area (Å²) in [6, 6.07) is -0.406. The molecule has 2 aliphatic rings. The second-order valence-electron chi connectivity index (χ2n) is 10.8. The molecule has 0 bridgehead atoms. The number of nitrogens with zero attached hydrogens (tertiary/aromatic N) is 1. The van der Waals surface area contributed by atoms with E-state index >= 15 is 0 Å². The van der Waals surface area contributed by atoms with Gasteiger partial charge in [-0.3, -0.25) is 5.32 Å². The Kier molecular flexibility index (Phi) is 9.72. The molecule has 1 heterocycles. The van der Waals surface area contributed by atoms with E-state index in [0.717, 1.165) is 50.6 Å². The molecule has 6 atom stereocenters. The van der Waals surface area contributed by atoms with Gasteiger partial charge in [-0.2, -0.15) is 0 Å². The molecule has 2 fully saturated rings. The topological polar surface area (TPSA) is 76.0 Å². The quantitative estimate of drug-likeness (QED) is 0.275. The molecule has 1 aliphatic carbocycles. The number of aliphatic hydroxyl groups excluding tert-OH is 2. The molecule has 0 amide bonds. The van der Waals surface area contributed by atoms with Gasteiger partial charge in [-0.1, -0.05) is 47.1 Å². The number of hydrogen-bond donors (Lipinski definition) is 4. The van der Waals surface area contributed by atoms with Crippen LogP contribution < -0.4 is 5.32 Å². The highest BCUT2D eigenvalue weighted by atomic mass is 35.5. The highest BCUT2D eigenvalue weighted by Gasteiger charge is 2.51. The molecule has 1 saturated carbocycles. The van der Waals surface area contributed by atoms with Crippen molar-refractivity contribution in [1.29, 1.82) is 0 Å². The minimum Gasteiger partial charge on any atom is -0.391 e. The normalized spacial score (nSPS) is 29.4. The maximum absolute atomic E-state index is 11.7. The SMILES string of the molecule is C=C([C@H](NC(O)C1CCCC1)[C@@H](C)O)N1CC[C@@](O)(C(C)CCC(Cl)CC)C(C)(C)C1. The summed E-state index contributed by atoms with van der Waals surface area (Å²) < 4.78 is 0. The predicted octanol–water partition coefficient (Wildman–Crippen LogP) is 4.24. The average Bonchev–Trinajstić information content (AvgIpc) is 3.25. The van der Waals surface area contributed by atoms with Crippen molar-refractivity contribution in [3.8, 4) is 0 Å². The Balaban J connectivity index is 2.04. The third-order valence-electron chi connectivity index (χ3n) is 8.14. The summed E-state index contributed by atoms with van der Waals surface area (Å²) in [7, 11) is 0. The molecule has 0 aromatic heterocycles. The van der Waals surface area contributed by atoms with E-state index in [1.807, 2.05) is 0 Å². The molecule has 2 rings (SSSR count). The Morgan fingerprint density at radius 2 is 1.81 bits per heavy atom. The van der Waals surface area contributed by atoms with Crippen LogP contribution in [0.1, 0.15) is 86.0 Å². The van der Waals surface area contributed by atoms with Crippen LogP contribution in [-0.2, 0) is 0 Å². The first kappa shape index (κ1) is 26.9. The van der Waals surface area contributed by atoms with Crippen LogP contribution in [0.4, 0.5) is 0 Å². The Morgan fingerprint density at radius 3 is 2.32 bits per heavy atom. The first-order valence-electron chi connectivity index (χ1n) is 12.3. The molecule has 1 aliphatic heterocycles. The summed E-state index contributed by atoms with van der Waals surface area (Å²) in [6.07, 6.45) is 6.49. The zero-order valence-electron chi connectivity index (χ0n) is 20.4. The van der Waals surface area contributed by atoms with Crippen LogP contribution in [0, 0.1) is 17.3 Å². The van der Waals surface area contributed by atoms with Crippen LogP contribution in [0.3, 0.4) is 0 Å². The summed E-state index contributed by atoms with van der Waals surface area (Å²) in [5, 5.41) is 36.2. The van der Waals surface area contributed by atoms with Gasteiger partial charge in [0.05, 0.1) is 17.7 Å². The predicted molar refractivity (Wildman–Crippen MR) is 129 cm³/mol. The van der Waals surface area contributed by atoms with E-state index in [4.69, 9.17) is 11.6 Å². The minimum atomic E-state index is -0.773. The highest BCUT2D eigenvalue weighted by Crippen LogP contribution is 2.46. The number of likely N-dealkylation sites (tertiary alicyclic amines) is 1. The Hall–Kier alpha value is -0.330. The number of piperidine rings is 1. The van der Waals surface area contributed by atoms with Gasteiger partial charge in [0, 0.05) is 29.6 Å². The molecule has 6 heteroatoms. The van der Waals surface area contributed by atoms with Gasteiger partial charge < -0.3 is 20.2 Å². The van der Waals surface area contributed by atoms with E-state index in [9.17, 15) is 15.3 Å². The van der Waals surface area contributed by atoms with Crippen molar-refractivity contribution in [2.24, 2.45) is 17.3 Å². The summed E-state index contributed by atoms with van der Waals surface area (Å²) in [6.45, 7) is 15.9. The Morgan fingerprint density at radius 1 is 1.19 bits per heavy atom. The van der Waals surface area contributed by atoms with Gasteiger partial charge in [0.15, 0.2) is 0 Å². The lowest BCUT2D eigenvalue weighted by atomic mass is 9.63. The molecular weight excluding hydrogens is 412 g/mol. The second kappa shape index (κ2) is 11.2. The zero-order chi connectivity index (χ0) is 23.4. The van der Waals surface area contributed by atoms with Crippen molar-refractivity contribution in [3.05, 3.63) is 12.3 Å². The van der Waals surface area contributed by atoms with E-state index in [0.29, 0.717) is 19.5 Å². The van der Waals surface area contributed by atoms with Gasteiger partial charge >= 0.3 is 0 Å². The van der Waals surface area contributed by atoms with Crippen LogP contribution in [0.2, 0.25) is 0 Å². The molecule has 4 N–H and O–H groups in total. The second-order valence-corrected chi connectivity index (χ2v) is 11.4. The molecule has 5 nitrogen and oxygen atoms in total. The largest absolute Gasteiger partial charge is 0.391 e. The summed E-state index contributed by atoms with van der Waals surface area (Å²) >= 11 is 6.33. The Labute approximate surface area is 195 Å². The first-order chi connectivity index (χ1) is 14.4. The number of halogens is 1. The van der Waals surface area contributed by atoms with Crippen molar-refractivity contribution in [2.45, 2.75) is 115 Å². The third-order valence-corrected chi connectivity index (χ3v) is 8.66. The molecule has 3 unspecified atom stereocenters.